The highest BCUT2D eigenvalue weighted by Crippen LogP contribution is 1.85. The van der Waals surface area contributed by atoms with Gasteiger partial charge in [0.25, 0.3) is 6.21 Å². The van der Waals surface area contributed by atoms with E-state index < -0.39 is 0 Å². The fourth-order valence-corrected chi connectivity index (χ4v) is 0.350. The number of hydrogen-bond donors (Lipinski definition) is 0. The Hall–Kier alpha value is -0.950. The van der Waals surface area contributed by atoms with Gasteiger partial charge in [-0.3, -0.25) is 0 Å². The van der Waals surface area contributed by atoms with E-state index in [2.05, 4.69) is 4.79 Å². The maximum Gasteiger partial charge on any atom is 0.257 e. The largest absolute Gasteiger partial charge is 0.362 e. The van der Waals surface area contributed by atoms with E-state index >= 15 is 0 Å². The van der Waals surface area contributed by atoms with Gasteiger partial charge in [0.15, 0.2) is 0 Å². The third-order valence-electron chi connectivity index (χ3n) is 0.737. The maximum atomic E-state index is 9.66. The molecule has 8 heavy (non-hydrogen) atoms. The molecule has 0 N–H and O–H groups in total. The molecule has 0 heterocycles. The van der Waals surface area contributed by atoms with Gasteiger partial charge in [0.1, 0.15) is 6.29 Å². The average Bonchev–Trinajstić information content (AvgIpc) is 1.81. The first-order chi connectivity index (χ1) is 3.91. The highest BCUT2D eigenvalue weighted by Gasteiger charge is 1.83. The van der Waals surface area contributed by atoms with Crippen molar-refractivity contribution < 1.29 is 9.58 Å². The number of nitrogens with zero attached hydrogens (tertiary/aromatic N) is 2. The lowest BCUT2D eigenvalue weighted by atomic mass is 10.3. The minimum Gasteiger partial charge on any atom is -0.362 e. The monoisotopic (exact) mass is 112 g/mol. The van der Waals surface area contributed by atoms with E-state index in [-0.39, 0.29) is 0 Å². The molecule has 0 fully saturated rings. The molecule has 0 rings (SSSR count). The summed E-state index contributed by atoms with van der Waals surface area (Å²) in [4.78, 5) is 12.4. The SMILES string of the molecule is [N-]=[N+]=CCCCC=O. The summed E-state index contributed by atoms with van der Waals surface area (Å²) < 4.78 is 0. The quantitative estimate of drug-likeness (QED) is 0.173. The Labute approximate surface area is 47.9 Å². The molecule has 0 aliphatic carbocycles. The van der Waals surface area contributed by atoms with Crippen molar-refractivity contribution in [3.8, 4) is 0 Å². The minimum atomic E-state index is 0.548. The second kappa shape index (κ2) is 6.05. The summed E-state index contributed by atoms with van der Waals surface area (Å²) in [5.74, 6) is 0. The third kappa shape index (κ3) is 5.05. The van der Waals surface area contributed by atoms with Gasteiger partial charge in [-0.05, 0) is 6.42 Å². The van der Waals surface area contributed by atoms with Crippen molar-refractivity contribution in [2.24, 2.45) is 0 Å². The molecule has 0 saturated heterocycles. The molecule has 0 aromatic heterocycles. The minimum absolute atomic E-state index is 0.548. The van der Waals surface area contributed by atoms with Crippen LogP contribution in [0.25, 0.3) is 5.53 Å². The number of hydrogen-bond acceptors (Lipinski definition) is 1. The van der Waals surface area contributed by atoms with Crippen molar-refractivity contribution in [2.75, 3.05) is 0 Å². The van der Waals surface area contributed by atoms with Crippen LogP contribution in [0.5, 0.6) is 0 Å². The standard InChI is InChI=1S/C5H8N2O/c6-7-4-2-1-3-5-8/h4-5H,1-3H2. The number of rotatable bonds is 4. The van der Waals surface area contributed by atoms with Crippen LogP contribution in [0.4, 0.5) is 0 Å². The molecular weight excluding hydrogens is 104 g/mol. The average molecular weight is 112 g/mol. The fraction of sp³-hybridized carbons (Fsp3) is 0.600. The van der Waals surface area contributed by atoms with Crippen LogP contribution in [-0.2, 0) is 4.79 Å². The van der Waals surface area contributed by atoms with Gasteiger partial charge in [0.05, 0.1) is 0 Å². The Balaban J connectivity index is 2.93. The van der Waals surface area contributed by atoms with Crippen LogP contribution in [0.2, 0.25) is 0 Å². The van der Waals surface area contributed by atoms with Gasteiger partial charge < -0.3 is 10.3 Å². The lowest BCUT2D eigenvalue weighted by molar-refractivity contribution is -0.107. The van der Waals surface area contributed by atoms with E-state index in [4.69, 9.17) is 5.53 Å². The molecule has 3 nitrogen and oxygen atoms in total. The molecule has 0 aromatic rings. The number of carbonyl (C=O) groups is 1. The summed E-state index contributed by atoms with van der Waals surface area (Å²) in [6, 6.07) is 0. The van der Waals surface area contributed by atoms with Gasteiger partial charge in [-0.25, -0.2) is 0 Å². The van der Waals surface area contributed by atoms with E-state index in [9.17, 15) is 4.79 Å². The summed E-state index contributed by atoms with van der Waals surface area (Å²) in [6.07, 6.45) is 4.23. The van der Waals surface area contributed by atoms with Gasteiger partial charge in [-0.15, -0.1) is 0 Å². The fourth-order valence-electron chi connectivity index (χ4n) is 0.350. The number of aldehydes is 1. The Kier molecular flexibility index (Phi) is 5.33. The third-order valence-corrected chi connectivity index (χ3v) is 0.737. The van der Waals surface area contributed by atoms with Gasteiger partial charge in [0.2, 0.25) is 0 Å². The molecule has 0 saturated carbocycles. The predicted molar refractivity (Wildman–Crippen MR) is 29.6 cm³/mol. The second-order valence-electron chi connectivity index (χ2n) is 1.40. The van der Waals surface area contributed by atoms with Crippen LogP contribution in [0, 0.1) is 0 Å². The van der Waals surface area contributed by atoms with Crippen molar-refractivity contribution in [1.29, 1.82) is 0 Å². The molecule has 3 heteroatoms. The lowest BCUT2D eigenvalue weighted by Crippen LogP contribution is -1.78. The van der Waals surface area contributed by atoms with Gasteiger partial charge in [-0.1, -0.05) is 0 Å². The second-order valence-corrected chi connectivity index (χ2v) is 1.40. The van der Waals surface area contributed by atoms with Crippen molar-refractivity contribution in [3.63, 3.8) is 0 Å². The van der Waals surface area contributed by atoms with Crippen molar-refractivity contribution in [3.05, 3.63) is 5.53 Å². The van der Waals surface area contributed by atoms with Crippen LogP contribution in [0.1, 0.15) is 19.3 Å². The Bertz CT molecular complexity index is 105. The van der Waals surface area contributed by atoms with Gasteiger partial charge in [0, 0.05) is 12.8 Å². The zero-order valence-electron chi connectivity index (χ0n) is 4.58. The lowest BCUT2D eigenvalue weighted by Gasteiger charge is -1.77. The normalized spacial score (nSPS) is 7.50. The Morgan fingerprint density at radius 2 is 2.25 bits per heavy atom. The number of unbranched alkanes of at least 4 members (excludes halogenated alkanes) is 2. The molecule has 0 spiro atoms. The number of carbonyl (C=O) groups excluding carboxylic acids is 1. The zero-order valence-corrected chi connectivity index (χ0v) is 4.58. The molecule has 0 amide bonds. The summed E-state index contributed by atoms with van der Waals surface area (Å²) in [5, 5.41) is 0. The van der Waals surface area contributed by atoms with E-state index in [1.54, 1.807) is 0 Å². The molecule has 0 aliphatic rings. The summed E-state index contributed by atoms with van der Waals surface area (Å²) in [7, 11) is 0. The summed E-state index contributed by atoms with van der Waals surface area (Å²) in [6.45, 7) is 0. The highest BCUT2D eigenvalue weighted by atomic mass is 16.1. The van der Waals surface area contributed by atoms with Gasteiger partial charge >= 0.3 is 0 Å². The van der Waals surface area contributed by atoms with Crippen LogP contribution < -0.4 is 0 Å². The Morgan fingerprint density at radius 3 is 2.75 bits per heavy atom. The van der Waals surface area contributed by atoms with Crippen LogP contribution in [0.15, 0.2) is 0 Å². The molecular formula is C5H8N2O. The van der Waals surface area contributed by atoms with Crippen LogP contribution >= 0.6 is 0 Å². The summed E-state index contributed by atoms with van der Waals surface area (Å²) in [5.41, 5.74) is 7.85. The van der Waals surface area contributed by atoms with Crippen molar-refractivity contribution in [2.45, 2.75) is 19.3 Å². The molecule has 44 valence electrons. The molecule has 0 radical (unpaired) electrons. The van der Waals surface area contributed by atoms with E-state index in [0.717, 1.165) is 12.7 Å². The first-order valence-electron chi connectivity index (χ1n) is 2.51. The smallest absolute Gasteiger partial charge is 0.257 e. The molecule has 0 unspecified atom stereocenters. The van der Waals surface area contributed by atoms with Gasteiger partial charge in [-0.2, -0.15) is 4.79 Å². The molecule has 0 atom stereocenters. The first kappa shape index (κ1) is 7.05. The predicted octanol–water partition coefficient (Wildman–Crippen LogP) is 0.656. The molecule has 0 aliphatic heterocycles. The van der Waals surface area contributed by atoms with E-state index in [1.807, 2.05) is 0 Å². The van der Waals surface area contributed by atoms with Crippen LogP contribution in [-0.4, -0.2) is 17.3 Å². The Morgan fingerprint density at radius 1 is 1.50 bits per heavy atom. The van der Waals surface area contributed by atoms with Crippen molar-refractivity contribution in [1.82, 2.24) is 0 Å². The van der Waals surface area contributed by atoms with E-state index in [1.165, 1.54) is 6.21 Å². The summed E-state index contributed by atoms with van der Waals surface area (Å²) >= 11 is 0. The maximum absolute atomic E-state index is 9.66. The highest BCUT2D eigenvalue weighted by molar-refractivity contribution is 5.53. The van der Waals surface area contributed by atoms with Crippen LogP contribution in [0.3, 0.4) is 0 Å². The topological polar surface area (TPSA) is 53.5 Å². The van der Waals surface area contributed by atoms with Crippen molar-refractivity contribution >= 4 is 12.5 Å². The molecule has 0 bridgehead atoms. The first-order valence-corrected chi connectivity index (χ1v) is 2.51. The molecule has 0 aromatic carbocycles. The van der Waals surface area contributed by atoms with E-state index in [0.29, 0.717) is 12.8 Å². The zero-order chi connectivity index (χ0) is 6.24.